The summed E-state index contributed by atoms with van der Waals surface area (Å²) >= 11 is 0. The Bertz CT molecular complexity index is 558. The zero-order valence-electron chi connectivity index (χ0n) is 11.6. The third kappa shape index (κ3) is 1.64. The van der Waals surface area contributed by atoms with E-state index in [-0.39, 0.29) is 11.7 Å². The Morgan fingerprint density at radius 1 is 1.26 bits per heavy atom. The predicted octanol–water partition coefficient (Wildman–Crippen LogP) is 2.43. The number of nitrogens with zero attached hydrogens (tertiary/aromatic N) is 1. The van der Waals surface area contributed by atoms with Crippen molar-refractivity contribution in [2.24, 2.45) is 0 Å². The van der Waals surface area contributed by atoms with E-state index < -0.39 is 0 Å². The largest absolute Gasteiger partial charge is 0.318 e. The Hall–Kier alpha value is -1.35. The molecule has 2 aliphatic carbocycles. The summed E-state index contributed by atoms with van der Waals surface area (Å²) in [6, 6.07) is 7.03. The van der Waals surface area contributed by atoms with E-state index in [1.54, 1.807) is 0 Å². The SMILES string of the molecule is Cc1ccc(C2NC3(CC3)C(=O)N2C2CC2)c(C)c1. The minimum Gasteiger partial charge on any atom is -0.318 e. The van der Waals surface area contributed by atoms with Gasteiger partial charge in [0.15, 0.2) is 0 Å². The van der Waals surface area contributed by atoms with E-state index in [9.17, 15) is 4.79 Å². The van der Waals surface area contributed by atoms with E-state index in [2.05, 4.69) is 42.3 Å². The van der Waals surface area contributed by atoms with Gasteiger partial charge in [-0.2, -0.15) is 0 Å². The number of carbonyl (C=O) groups is 1. The molecule has 1 unspecified atom stereocenters. The number of rotatable bonds is 2. The number of hydrogen-bond acceptors (Lipinski definition) is 2. The number of benzene rings is 1. The molecule has 1 aromatic rings. The van der Waals surface area contributed by atoms with Crippen LogP contribution in [-0.4, -0.2) is 22.4 Å². The van der Waals surface area contributed by atoms with Crippen LogP contribution in [0.15, 0.2) is 18.2 Å². The van der Waals surface area contributed by atoms with Crippen LogP contribution >= 0.6 is 0 Å². The van der Waals surface area contributed by atoms with Gasteiger partial charge in [-0.25, -0.2) is 0 Å². The van der Waals surface area contributed by atoms with Gasteiger partial charge in [-0.3, -0.25) is 10.1 Å². The van der Waals surface area contributed by atoms with Crippen molar-refractivity contribution in [1.29, 1.82) is 0 Å². The molecule has 1 amide bonds. The summed E-state index contributed by atoms with van der Waals surface area (Å²) in [5.41, 5.74) is 3.64. The monoisotopic (exact) mass is 256 g/mol. The Kier molecular flexibility index (Phi) is 2.17. The highest BCUT2D eigenvalue weighted by Crippen LogP contribution is 2.49. The summed E-state index contributed by atoms with van der Waals surface area (Å²) in [4.78, 5) is 14.7. The molecule has 1 N–H and O–H groups in total. The Morgan fingerprint density at radius 3 is 2.58 bits per heavy atom. The summed E-state index contributed by atoms with van der Waals surface area (Å²) in [7, 11) is 0. The van der Waals surface area contributed by atoms with Crippen molar-refractivity contribution < 1.29 is 4.79 Å². The minimum atomic E-state index is -0.204. The maximum atomic E-state index is 12.6. The second kappa shape index (κ2) is 3.60. The van der Waals surface area contributed by atoms with Crippen molar-refractivity contribution in [3.63, 3.8) is 0 Å². The lowest BCUT2D eigenvalue weighted by Gasteiger charge is -2.25. The van der Waals surface area contributed by atoms with Crippen LogP contribution in [0, 0.1) is 13.8 Å². The molecule has 1 aromatic carbocycles. The van der Waals surface area contributed by atoms with E-state index in [0.29, 0.717) is 11.9 Å². The van der Waals surface area contributed by atoms with Crippen molar-refractivity contribution in [2.45, 2.75) is 57.3 Å². The molecule has 100 valence electrons. The molecule has 19 heavy (non-hydrogen) atoms. The molecule has 3 aliphatic rings. The molecule has 4 rings (SSSR count). The number of aryl methyl sites for hydroxylation is 2. The van der Waals surface area contributed by atoms with Crippen LogP contribution in [0.2, 0.25) is 0 Å². The lowest BCUT2D eigenvalue weighted by Crippen LogP contribution is -2.33. The first kappa shape index (κ1) is 11.5. The minimum absolute atomic E-state index is 0.100. The molecular formula is C16H20N2O. The third-order valence-electron chi connectivity index (χ3n) is 4.75. The van der Waals surface area contributed by atoms with Crippen molar-refractivity contribution in [2.75, 3.05) is 0 Å². The molecule has 0 radical (unpaired) electrons. The van der Waals surface area contributed by atoms with Crippen LogP contribution in [0.4, 0.5) is 0 Å². The Morgan fingerprint density at radius 2 is 2.00 bits per heavy atom. The molecule has 3 heteroatoms. The molecule has 1 aliphatic heterocycles. The van der Waals surface area contributed by atoms with Crippen LogP contribution in [0.25, 0.3) is 0 Å². The lowest BCUT2D eigenvalue weighted by molar-refractivity contribution is -0.131. The molecule has 1 saturated heterocycles. The fourth-order valence-electron chi connectivity index (χ4n) is 3.33. The summed E-state index contributed by atoms with van der Waals surface area (Å²) in [6.45, 7) is 4.27. The zero-order chi connectivity index (χ0) is 13.2. The van der Waals surface area contributed by atoms with E-state index in [0.717, 1.165) is 12.8 Å². The highest BCUT2D eigenvalue weighted by molar-refractivity contribution is 5.92. The lowest BCUT2D eigenvalue weighted by atomic mass is 10.0. The molecule has 1 spiro atoms. The van der Waals surface area contributed by atoms with Gasteiger partial charge in [0, 0.05) is 6.04 Å². The van der Waals surface area contributed by atoms with Gasteiger partial charge in [-0.1, -0.05) is 23.8 Å². The average Bonchev–Trinajstić information content (AvgIpc) is 3.23. The number of amides is 1. The van der Waals surface area contributed by atoms with Gasteiger partial charge in [0.1, 0.15) is 11.7 Å². The predicted molar refractivity (Wildman–Crippen MR) is 73.6 cm³/mol. The van der Waals surface area contributed by atoms with Gasteiger partial charge in [-0.15, -0.1) is 0 Å². The first-order valence-electron chi connectivity index (χ1n) is 7.28. The van der Waals surface area contributed by atoms with E-state index in [1.165, 1.54) is 29.5 Å². The second-order valence-electron chi connectivity index (χ2n) is 6.43. The number of nitrogens with one attached hydrogen (secondary N) is 1. The van der Waals surface area contributed by atoms with Crippen LogP contribution in [0.3, 0.4) is 0 Å². The van der Waals surface area contributed by atoms with E-state index in [1.807, 2.05) is 0 Å². The number of hydrogen-bond donors (Lipinski definition) is 1. The highest BCUT2D eigenvalue weighted by Gasteiger charge is 2.61. The van der Waals surface area contributed by atoms with Gasteiger partial charge >= 0.3 is 0 Å². The van der Waals surface area contributed by atoms with Crippen molar-refractivity contribution in [3.05, 3.63) is 34.9 Å². The standard InChI is InChI=1S/C16H20N2O/c1-10-3-6-13(11(2)9-10)14-17-16(7-8-16)15(19)18(14)12-4-5-12/h3,6,9,12,14,17H,4-5,7-8H2,1-2H3. The molecule has 3 fully saturated rings. The van der Waals surface area contributed by atoms with Gasteiger partial charge in [-0.05, 0) is 50.7 Å². The Balaban J connectivity index is 1.74. The van der Waals surface area contributed by atoms with Gasteiger partial charge < -0.3 is 4.90 Å². The fraction of sp³-hybridized carbons (Fsp3) is 0.562. The van der Waals surface area contributed by atoms with Crippen molar-refractivity contribution in [3.8, 4) is 0 Å². The van der Waals surface area contributed by atoms with Crippen LogP contribution in [-0.2, 0) is 4.79 Å². The maximum Gasteiger partial charge on any atom is 0.244 e. The summed E-state index contributed by atoms with van der Waals surface area (Å²) < 4.78 is 0. The molecule has 0 aromatic heterocycles. The summed E-state index contributed by atoms with van der Waals surface area (Å²) in [5, 5.41) is 3.62. The zero-order valence-corrected chi connectivity index (χ0v) is 11.6. The second-order valence-corrected chi connectivity index (χ2v) is 6.43. The number of carbonyl (C=O) groups excluding carboxylic acids is 1. The van der Waals surface area contributed by atoms with Crippen LogP contribution in [0.1, 0.15) is 48.5 Å². The van der Waals surface area contributed by atoms with Gasteiger partial charge in [0.25, 0.3) is 0 Å². The molecule has 3 nitrogen and oxygen atoms in total. The van der Waals surface area contributed by atoms with Gasteiger partial charge in [0.05, 0.1) is 0 Å². The van der Waals surface area contributed by atoms with Crippen molar-refractivity contribution >= 4 is 5.91 Å². The average molecular weight is 256 g/mol. The molecule has 2 saturated carbocycles. The molecule has 1 heterocycles. The third-order valence-corrected chi connectivity index (χ3v) is 4.75. The first-order valence-corrected chi connectivity index (χ1v) is 7.28. The maximum absolute atomic E-state index is 12.6. The topological polar surface area (TPSA) is 32.3 Å². The van der Waals surface area contributed by atoms with Gasteiger partial charge in [0.2, 0.25) is 5.91 Å². The molecule has 1 atom stereocenters. The van der Waals surface area contributed by atoms with Crippen LogP contribution in [0.5, 0.6) is 0 Å². The highest BCUT2D eigenvalue weighted by atomic mass is 16.2. The van der Waals surface area contributed by atoms with E-state index in [4.69, 9.17) is 0 Å². The van der Waals surface area contributed by atoms with Crippen LogP contribution < -0.4 is 5.32 Å². The quantitative estimate of drug-likeness (QED) is 0.881. The van der Waals surface area contributed by atoms with E-state index >= 15 is 0 Å². The molecule has 0 bridgehead atoms. The molecular weight excluding hydrogens is 236 g/mol. The summed E-state index contributed by atoms with van der Waals surface area (Å²) in [6.07, 6.45) is 4.46. The van der Waals surface area contributed by atoms with Crippen molar-refractivity contribution in [1.82, 2.24) is 10.2 Å². The normalized spacial score (nSPS) is 28.2. The fourth-order valence-corrected chi connectivity index (χ4v) is 3.33. The summed E-state index contributed by atoms with van der Waals surface area (Å²) in [5.74, 6) is 0.347. The first-order chi connectivity index (χ1) is 9.11. The Labute approximate surface area is 114 Å². The smallest absolute Gasteiger partial charge is 0.244 e.